The number of nitrogens with zero attached hydrogens (tertiary/aromatic N) is 3. The Labute approximate surface area is 98.7 Å². The summed E-state index contributed by atoms with van der Waals surface area (Å²) in [4.78, 5) is 6.18. The average Bonchev–Trinajstić information content (AvgIpc) is 2.85. The Kier molecular flexibility index (Phi) is 2.16. The highest BCUT2D eigenvalue weighted by Crippen LogP contribution is 2.23. The van der Waals surface area contributed by atoms with Gasteiger partial charge in [-0.25, -0.2) is 0 Å². The van der Waals surface area contributed by atoms with Gasteiger partial charge in [0.1, 0.15) is 0 Å². The molecule has 1 aromatic carbocycles. The number of aromatic amines is 1. The van der Waals surface area contributed by atoms with Crippen LogP contribution in [0.3, 0.4) is 0 Å². The minimum atomic E-state index is -0.274. The summed E-state index contributed by atoms with van der Waals surface area (Å²) in [5.41, 5.74) is 2.02. The summed E-state index contributed by atoms with van der Waals surface area (Å²) < 4.78 is 0. The number of allylic oxidation sites excluding steroid dienone is 1. The number of aromatic nitrogens is 2. The molecule has 17 heavy (non-hydrogen) atoms. The Morgan fingerprint density at radius 1 is 1.41 bits per heavy atom. The molecule has 1 N–H and O–H groups in total. The van der Waals surface area contributed by atoms with Crippen molar-refractivity contribution in [3.63, 3.8) is 0 Å². The lowest BCUT2D eigenvalue weighted by molar-refractivity contribution is 0.842. The number of fused-ring (bicyclic) bond motifs is 1. The van der Waals surface area contributed by atoms with Crippen molar-refractivity contribution >= 4 is 22.8 Å². The molecule has 1 atom stereocenters. The van der Waals surface area contributed by atoms with E-state index in [1.165, 1.54) is 0 Å². The normalized spacial score (nSPS) is 18.5. The van der Waals surface area contributed by atoms with Gasteiger partial charge in [-0.2, -0.15) is 5.10 Å². The molecular formula is C13H10N4. The number of terminal acetylenes is 1. The van der Waals surface area contributed by atoms with Crippen LogP contribution in [-0.2, 0) is 0 Å². The van der Waals surface area contributed by atoms with E-state index in [0.29, 0.717) is 0 Å². The van der Waals surface area contributed by atoms with E-state index in [2.05, 4.69) is 21.1 Å². The molecule has 82 valence electrons. The second-order valence-electron chi connectivity index (χ2n) is 3.73. The Balaban J connectivity index is 2.05. The number of benzene rings is 1. The molecule has 1 unspecified atom stereocenters. The summed E-state index contributed by atoms with van der Waals surface area (Å²) in [5.74, 6) is 2.65. The third-order valence-corrected chi connectivity index (χ3v) is 2.69. The van der Waals surface area contributed by atoms with Crippen molar-refractivity contribution in [1.82, 2.24) is 10.2 Å². The fraction of sp³-hybridized carbons (Fsp3) is 0.0769. The topological polar surface area (TPSA) is 44.3 Å². The van der Waals surface area contributed by atoms with Crippen LogP contribution in [0.1, 0.15) is 0 Å². The minimum Gasteiger partial charge on any atom is -0.315 e. The van der Waals surface area contributed by atoms with Gasteiger partial charge in [-0.05, 0) is 24.3 Å². The van der Waals surface area contributed by atoms with E-state index < -0.39 is 0 Å². The lowest BCUT2D eigenvalue weighted by atomic mass is 10.2. The zero-order valence-electron chi connectivity index (χ0n) is 9.04. The van der Waals surface area contributed by atoms with Crippen LogP contribution in [0, 0.1) is 12.3 Å². The Morgan fingerprint density at radius 3 is 3.24 bits per heavy atom. The Hall–Kier alpha value is -2.54. The number of anilines is 1. The largest absolute Gasteiger partial charge is 0.315 e. The van der Waals surface area contributed by atoms with Crippen LogP contribution in [0.5, 0.6) is 0 Å². The first-order valence-electron chi connectivity index (χ1n) is 5.26. The van der Waals surface area contributed by atoms with Crippen molar-refractivity contribution in [1.29, 1.82) is 0 Å². The van der Waals surface area contributed by atoms with E-state index in [1.54, 1.807) is 12.4 Å². The maximum absolute atomic E-state index is 5.47. The fourth-order valence-corrected chi connectivity index (χ4v) is 1.86. The van der Waals surface area contributed by atoms with E-state index in [1.807, 2.05) is 35.4 Å². The van der Waals surface area contributed by atoms with Gasteiger partial charge in [0, 0.05) is 23.5 Å². The smallest absolute Gasteiger partial charge is 0.187 e. The fourth-order valence-electron chi connectivity index (χ4n) is 1.86. The van der Waals surface area contributed by atoms with Crippen molar-refractivity contribution in [3.8, 4) is 12.3 Å². The third kappa shape index (κ3) is 1.58. The molecule has 0 radical (unpaired) electrons. The van der Waals surface area contributed by atoms with Crippen LogP contribution < -0.4 is 4.90 Å². The number of aliphatic imine (C=N–C) groups is 1. The molecule has 4 nitrogen and oxygen atoms in total. The molecule has 0 saturated carbocycles. The number of hydrogen-bond acceptors (Lipinski definition) is 3. The molecule has 2 aromatic rings. The van der Waals surface area contributed by atoms with Crippen molar-refractivity contribution < 1.29 is 0 Å². The molecular weight excluding hydrogens is 212 g/mol. The van der Waals surface area contributed by atoms with Crippen LogP contribution in [0.4, 0.5) is 5.69 Å². The zero-order chi connectivity index (χ0) is 11.7. The molecule has 1 aromatic heterocycles. The molecule has 0 aliphatic carbocycles. The van der Waals surface area contributed by atoms with Crippen molar-refractivity contribution in [2.24, 2.45) is 4.99 Å². The predicted molar refractivity (Wildman–Crippen MR) is 68.8 cm³/mol. The first kappa shape index (κ1) is 9.67. The summed E-state index contributed by atoms with van der Waals surface area (Å²) in [7, 11) is 0. The number of rotatable bonds is 1. The Bertz CT molecular complexity index is 645. The standard InChI is InChI=1S/C13H10N4/c1-2-13-14-6-3-7-17(13)11-4-5-12-10(8-11)9-15-16-12/h1,3-9,13H,(H,15,16). The van der Waals surface area contributed by atoms with Crippen LogP contribution in [0.25, 0.3) is 10.9 Å². The Morgan fingerprint density at radius 2 is 2.35 bits per heavy atom. The molecule has 1 aliphatic rings. The SMILES string of the molecule is C#CC1N=CC=CN1c1ccc2[nH]ncc2c1. The summed E-state index contributed by atoms with van der Waals surface area (Å²) in [5, 5.41) is 7.97. The molecule has 0 fully saturated rings. The van der Waals surface area contributed by atoms with Gasteiger partial charge in [-0.3, -0.25) is 10.1 Å². The van der Waals surface area contributed by atoms with Crippen molar-refractivity contribution in [2.75, 3.05) is 4.90 Å². The lowest BCUT2D eigenvalue weighted by Gasteiger charge is -2.25. The van der Waals surface area contributed by atoms with E-state index in [9.17, 15) is 0 Å². The van der Waals surface area contributed by atoms with Crippen molar-refractivity contribution in [2.45, 2.75) is 6.17 Å². The molecule has 0 bridgehead atoms. The highest BCUT2D eigenvalue weighted by atomic mass is 15.2. The quantitative estimate of drug-likeness (QED) is 0.749. The van der Waals surface area contributed by atoms with Crippen molar-refractivity contribution in [3.05, 3.63) is 36.7 Å². The van der Waals surface area contributed by atoms with Gasteiger partial charge in [0.15, 0.2) is 6.17 Å². The first-order chi connectivity index (χ1) is 8.38. The maximum Gasteiger partial charge on any atom is 0.187 e. The molecule has 1 aliphatic heterocycles. The van der Waals surface area contributed by atoms with Gasteiger partial charge in [0.25, 0.3) is 0 Å². The number of H-pyrrole nitrogens is 1. The highest BCUT2D eigenvalue weighted by molar-refractivity contribution is 5.83. The van der Waals surface area contributed by atoms with Crippen LogP contribution in [0.15, 0.2) is 41.7 Å². The van der Waals surface area contributed by atoms with Crippen LogP contribution >= 0.6 is 0 Å². The van der Waals surface area contributed by atoms with Crippen LogP contribution in [0.2, 0.25) is 0 Å². The molecule has 0 amide bonds. The number of hydrogen-bond donors (Lipinski definition) is 1. The van der Waals surface area contributed by atoms with Gasteiger partial charge in [-0.15, -0.1) is 6.42 Å². The summed E-state index contributed by atoms with van der Waals surface area (Å²) in [6.45, 7) is 0. The number of nitrogens with one attached hydrogen (secondary N) is 1. The van der Waals surface area contributed by atoms with Gasteiger partial charge < -0.3 is 4.90 Å². The zero-order valence-corrected chi connectivity index (χ0v) is 9.04. The molecule has 2 heterocycles. The highest BCUT2D eigenvalue weighted by Gasteiger charge is 2.15. The minimum absolute atomic E-state index is 0.274. The van der Waals surface area contributed by atoms with E-state index >= 15 is 0 Å². The second kappa shape index (κ2) is 3.80. The monoisotopic (exact) mass is 222 g/mol. The molecule has 4 heteroatoms. The molecule has 3 rings (SSSR count). The maximum atomic E-state index is 5.47. The van der Waals surface area contributed by atoms with E-state index in [4.69, 9.17) is 6.42 Å². The van der Waals surface area contributed by atoms with Gasteiger partial charge in [0.2, 0.25) is 0 Å². The summed E-state index contributed by atoms with van der Waals surface area (Å²) >= 11 is 0. The van der Waals surface area contributed by atoms with Crippen LogP contribution in [-0.4, -0.2) is 22.6 Å². The second-order valence-corrected chi connectivity index (χ2v) is 3.73. The first-order valence-corrected chi connectivity index (χ1v) is 5.26. The predicted octanol–water partition coefficient (Wildman–Crippen LogP) is 1.93. The summed E-state index contributed by atoms with van der Waals surface area (Å²) in [6.07, 6.45) is 12.5. The average molecular weight is 222 g/mol. The lowest BCUT2D eigenvalue weighted by Crippen LogP contribution is -2.29. The van der Waals surface area contributed by atoms with E-state index in [0.717, 1.165) is 16.6 Å². The van der Waals surface area contributed by atoms with E-state index in [-0.39, 0.29) is 6.17 Å². The van der Waals surface area contributed by atoms with Gasteiger partial charge >= 0.3 is 0 Å². The van der Waals surface area contributed by atoms with Gasteiger partial charge in [-0.1, -0.05) is 5.92 Å². The molecule has 0 spiro atoms. The third-order valence-electron chi connectivity index (χ3n) is 2.69. The molecule has 0 saturated heterocycles. The summed E-state index contributed by atoms with van der Waals surface area (Å²) in [6, 6.07) is 6.02. The van der Waals surface area contributed by atoms with Gasteiger partial charge in [0.05, 0.1) is 11.7 Å².